The maximum absolute atomic E-state index is 12.6. The molecule has 2 aromatic carbocycles. The molecule has 0 unspecified atom stereocenters. The van der Waals surface area contributed by atoms with Crippen LogP contribution < -0.4 is 14.2 Å². The van der Waals surface area contributed by atoms with E-state index in [9.17, 15) is 13.2 Å². The number of fused-ring (bicyclic) bond motifs is 1. The number of amidine groups is 1. The van der Waals surface area contributed by atoms with E-state index in [2.05, 4.69) is 19.8 Å². The SMILES string of the molecule is COC(=O)NC1=Nc2ccc(OS(=O)(=O)c3c(C)cccc3Cl)cc2NS1. The molecule has 11 heteroatoms. The number of aliphatic imine (C=N–C) groups is 1. The second kappa shape index (κ2) is 7.67. The maximum atomic E-state index is 12.6. The van der Waals surface area contributed by atoms with E-state index in [1.807, 2.05) is 0 Å². The van der Waals surface area contributed by atoms with Gasteiger partial charge in [-0.2, -0.15) is 8.42 Å². The summed E-state index contributed by atoms with van der Waals surface area (Å²) in [4.78, 5) is 15.4. The Morgan fingerprint density at radius 3 is 2.78 bits per heavy atom. The molecule has 0 radical (unpaired) electrons. The van der Waals surface area contributed by atoms with Crippen molar-refractivity contribution in [2.24, 2.45) is 4.99 Å². The number of carbonyl (C=O) groups excluding carboxylic acids is 1. The van der Waals surface area contributed by atoms with Crippen molar-refractivity contribution in [3.05, 3.63) is 47.0 Å². The summed E-state index contributed by atoms with van der Waals surface area (Å²) in [5.74, 6) is 0.0979. The van der Waals surface area contributed by atoms with E-state index in [-0.39, 0.29) is 15.7 Å². The van der Waals surface area contributed by atoms with Crippen LogP contribution in [-0.2, 0) is 14.9 Å². The van der Waals surface area contributed by atoms with Gasteiger partial charge in [-0.1, -0.05) is 23.7 Å². The number of nitrogens with one attached hydrogen (secondary N) is 2. The molecule has 1 aliphatic rings. The number of anilines is 1. The minimum absolute atomic E-state index is 0.0747. The van der Waals surface area contributed by atoms with Crippen molar-refractivity contribution < 1.29 is 22.1 Å². The Morgan fingerprint density at radius 1 is 1.30 bits per heavy atom. The van der Waals surface area contributed by atoms with Crippen LogP contribution in [0.5, 0.6) is 5.75 Å². The molecule has 0 saturated heterocycles. The summed E-state index contributed by atoms with van der Waals surface area (Å²) in [6, 6.07) is 9.29. The number of hydrogen-bond donors (Lipinski definition) is 2. The highest BCUT2D eigenvalue weighted by Gasteiger charge is 2.24. The van der Waals surface area contributed by atoms with Crippen LogP contribution in [0.2, 0.25) is 5.02 Å². The van der Waals surface area contributed by atoms with Crippen LogP contribution in [0.3, 0.4) is 0 Å². The number of rotatable bonds is 3. The quantitative estimate of drug-likeness (QED) is 0.566. The molecule has 8 nitrogen and oxygen atoms in total. The Kier molecular flexibility index (Phi) is 5.49. The molecule has 3 rings (SSSR count). The number of benzene rings is 2. The zero-order valence-corrected chi connectivity index (χ0v) is 16.5. The molecule has 0 fully saturated rings. The van der Waals surface area contributed by atoms with Crippen molar-refractivity contribution >= 4 is 56.3 Å². The van der Waals surface area contributed by atoms with Gasteiger partial charge in [0.2, 0.25) is 0 Å². The highest BCUT2D eigenvalue weighted by Crippen LogP contribution is 2.36. The molecule has 0 atom stereocenters. The summed E-state index contributed by atoms with van der Waals surface area (Å²) in [5.41, 5.74) is 1.51. The van der Waals surface area contributed by atoms with Gasteiger partial charge in [0.25, 0.3) is 0 Å². The summed E-state index contributed by atoms with van der Waals surface area (Å²) in [6.07, 6.45) is -0.646. The van der Waals surface area contributed by atoms with E-state index < -0.39 is 16.2 Å². The third-order valence-corrected chi connectivity index (χ3v) is 6.05. The van der Waals surface area contributed by atoms with Gasteiger partial charge in [0.15, 0.2) is 5.17 Å². The normalized spacial score (nSPS) is 13.1. The number of alkyl carbamates (subject to hydrolysis) is 1. The van der Waals surface area contributed by atoms with E-state index >= 15 is 0 Å². The first-order valence-corrected chi connectivity index (χ1v) is 10.1. The Hall–Kier alpha value is -2.43. The van der Waals surface area contributed by atoms with Crippen LogP contribution >= 0.6 is 23.5 Å². The molecular weight excluding hydrogens is 414 g/mol. The van der Waals surface area contributed by atoms with Crippen LogP contribution in [-0.4, -0.2) is 26.8 Å². The molecule has 27 heavy (non-hydrogen) atoms. The molecule has 142 valence electrons. The van der Waals surface area contributed by atoms with Crippen molar-refractivity contribution in [2.75, 3.05) is 11.8 Å². The fourth-order valence-electron chi connectivity index (χ4n) is 2.28. The summed E-state index contributed by atoms with van der Waals surface area (Å²) in [6.45, 7) is 1.64. The summed E-state index contributed by atoms with van der Waals surface area (Å²) in [5, 5.41) is 2.83. The molecule has 1 aliphatic heterocycles. The van der Waals surface area contributed by atoms with Gasteiger partial charge in [0.1, 0.15) is 10.6 Å². The number of aryl methyl sites for hydroxylation is 1. The van der Waals surface area contributed by atoms with Crippen molar-refractivity contribution in [1.29, 1.82) is 0 Å². The van der Waals surface area contributed by atoms with Gasteiger partial charge in [-0.05, 0) is 30.7 Å². The molecule has 0 aromatic heterocycles. The molecule has 0 saturated carbocycles. The second-order valence-electron chi connectivity index (χ2n) is 5.34. The Labute approximate surface area is 165 Å². The van der Waals surface area contributed by atoms with Gasteiger partial charge in [-0.15, -0.1) is 0 Å². The highest BCUT2D eigenvalue weighted by atomic mass is 35.5. The zero-order valence-electron chi connectivity index (χ0n) is 14.1. The van der Waals surface area contributed by atoms with Crippen LogP contribution in [0.25, 0.3) is 0 Å². The lowest BCUT2D eigenvalue weighted by Gasteiger charge is -2.17. The number of carbonyl (C=O) groups is 1. The minimum atomic E-state index is -4.11. The van der Waals surface area contributed by atoms with Crippen molar-refractivity contribution in [1.82, 2.24) is 5.32 Å². The molecule has 0 bridgehead atoms. The Bertz CT molecular complexity index is 1020. The number of halogens is 1. The van der Waals surface area contributed by atoms with Gasteiger partial charge < -0.3 is 13.6 Å². The maximum Gasteiger partial charge on any atom is 0.412 e. The molecule has 1 heterocycles. The zero-order chi connectivity index (χ0) is 19.6. The van der Waals surface area contributed by atoms with Crippen LogP contribution in [0.1, 0.15) is 5.56 Å². The van der Waals surface area contributed by atoms with Crippen LogP contribution in [0.4, 0.5) is 16.2 Å². The second-order valence-corrected chi connectivity index (χ2v) is 8.03. The predicted molar refractivity (Wildman–Crippen MR) is 104 cm³/mol. The van der Waals surface area contributed by atoms with E-state index in [0.29, 0.717) is 22.1 Å². The molecular formula is C16H14ClN3O5S2. The molecule has 0 aliphatic carbocycles. The van der Waals surface area contributed by atoms with E-state index in [4.69, 9.17) is 15.8 Å². The lowest BCUT2D eigenvalue weighted by Crippen LogP contribution is -2.29. The lowest BCUT2D eigenvalue weighted by atomic mass is 10.2. The van der Waals surface area contributed by atoms with Gasteiger partial charge >= 0.3 is 16.2 Å². The number of hydrogen-bond acceptors (Lipinski definition) is 8. The number of amides is 1. The van der Waals surface area contributed by atoms with Crippen LogP contribution in [0.15, 0.2) is 46.3 Å². The number of nitrogens with zero attached hydrogens (tertiary/aromatic N) is 1. The summed E-state index contributed by atoms with van der Waals surface area (Å²) >= 11 is 7.07. The van der Waals surface area contributed by atoms with Crippen LogP contribution in [0, 0.1) is 6.92 Å². The standard InChI is InChI=1S/C16H14ClN3O5S2/c1-9-4-3-5-11(17)14(9)27(22,23)25-10-6-7-12-13(8-10)20-26-15(18-12)19-16(21)24-2/h3-8,20H,1-2H3,(H,18,19,21). The average molecular weight is 428 g/mol. The van der Waals surface area contributed by atoms with Gasteiger partial charge in [0, 0.05) is 18.0 Å². The minimum Gasteiger partial charge on any atom is -0.453 e. The molecule has 2 aromatic rings. The van der Waals surface area contributed by atoms with Crippen molar-refractivity contribution in [2.45, 2.75) is 11.8 Å². The van der Waals surface area contributed by atoms with Crippen molar-refractivity contribution in [3.63, 3.8) is 0 Å². The van der Waals surface area contributed by atoms with E-state index in [1.165, 1.54) is 25.3 Å². The molecule has 1 amide bonds. The first-order valence-electron chi connectivity index (χ1n) is 7.50. The average Bonchev–Trinajstić information content (AvgIpc) is 2.61. The topological polar surface area (TPSA) is 106 Å². The predicted octanol–water partition coefficient (Wildman–Crippen LogP) is 3.83. The fourth-order valence-corrected chi connectivity index (χ4v) is 4.64. The largest absolute Gasteiger partial charge is 0.453 e. The fraction of sp³-hybridized carbons (Fsp3) is 0.125. The first kappa shape index (κ1) is 19.3. The Morgan fingerprint density at radius 2 is 2.07 bits per heavy atom. The Balaban J connectivity index is 1.86. The molecule has 0 spiro atoms. The first-order chi connectivity index (χ1) is 12.8. The lowest BCUT2D eigenvalue weighted by molar-refractivity contribution is 0.177. The highest BCUT2D eigenvalue weighted by molar-refractivity contribution is 8.15. The van der Waals surface area contributed by atoms with Gasteiger partial charge in [0.05, 0.1) is 23.5 Å². The third-order valence-electron chi connectivity index (χ3n) is 3.46. The van der Waals surface area contributed by atoms with Crippen molar-refractivity contribution in [3.8, 4) is 5.75 Å². The van der Waals surface area contributed by atoms with Gasteiger partial charge in [-0.3, -0.25) is 5.32 Å². The number of ether oxygens (including phenoxy) is 1. The summed E-state index contributed by atoms with van der Waals surface area (Å²) < 4.78 is 37.9. The van der Waals surface area contributed by atoms with E-state index in [1.54, 1.807) is 25.1 Å². The third kappa shape index (κ3) is 4.29. The monoisotopic (exact) mass is 427 g/mol. The smallest absolute Gasteiger partial charge is 0.412 e. The van der Waals surface area contributed by atoms with E-state index in [0.717, 1.165) is 11.9 Å². The van der Waals surface area contributed by atoms with Gasteiger partial charge in [-0.25, -0.2) is 9.79 Å². The molecule has 2 N–H and O–H groups in total. The summed E-state index contributed by atoms with van der Waals surface area (Å²) in [7, 11) is -2.86. The number of methoxy groups -OCH3 is 1.